The Balaban J connectivity index is 1.70. The van der Waals surface area contributed by atoms with Gasteiger partial charge in [-0.1, -0.05) is 18.2 Å². The first-order valence-electron chi connectivity index (χ1n) is 8.57. The molecule has 0 atom stereocenters. The lowest BCUT2D eigenvalue weighted by molar-refractivity contribution is 0.0995. The number of hydrogen-bond donors (Lipinski definition) is 3. The molecule has 4 N–H and O–H groups in total. The number of carbonyl (C=O) groups excluding carboxylic acids is 2. The van der Waals surface area contributed by atoms with Crippen LogP contribution in [0.3, 0.4) is 0 Å². The molecule has 4 rings (SSSR count). The maximum absolute atomic E-state index is 12.8. The minimum atomic E-state index is -0.529. The second-order valence-corrected chi connectivity index (χ2v) is 6.36. The molecule has 7 heteroatoms. The van der Waals surface area contributed by atoms with E-state index in [9.17, 15) is 9.59 Å². The maximum Gasteiger partial charge on any atom is 0.276 e. The van der Waals surface area contributed by atoms with E-state index in [0.717, 1.165) is 42.5 Å². The van der Waals surface area contributed by atoms with Gasteiger partial charge in [-0.2, -0.15) is 5.10 Å². The van der Waals surface area contributed by atoms with Crippen LogP contribution in [0.1, 0.15) is 33.7 Å². The summed E-state index contributed by atoms with van der Waals surface area (Å²) in [5, 5.41) is 10.6. The molecular weight excluding hydrogens is 330 g/mol. The summed E-state index contributed by atoms with van der Waals surface area (Å²) in [6, 6.07) is 12.6. The number of nitrogens with one attached hydrogen (secondary N) is 2. The number of primary amides is 1. The number of aromatic amines is 1. The van der Waals surface area contributed by atoms with Crippen LogP contribution in [0.2, 0.25) is 0 Å². The quantitative estimate of drug-likeness (QED) is 0.673. The first-order valence-corrected chi connectivity index (χ1v) is 8.57. The summed E-state index contributed by atoms with van der Waals surface area (Å²) in [5.41, 5.74) is 8.33. The number of hydrogen-bond acceptors (Lipinski definition) is 4. The van der Waals surface area contributed by atoms with Crippen LogP contribution in [0.4, 0.5) is 11.4 Å². The third kappa shape index (κ3) is 2.88. The molecule has 1 aliphatic rings. The number of nitrogens with zero attached hydrogens (tertiary/aromatic N) is 2. The van der Waals surface area contributed by atoms with Gasteiger partial charge in [0.15, 0.2) is 5.69 Å². The largest absolute Gasteiger partial charge is 0.370 e. The van der Waals surface area contributed by atoms with E-state index in [-0.39, 0.29) is 5.91 Å². The molecule has 0 bridgehead atoms. The molecule has 2 amide bonds. The summed E-state index contributed by atoms with van der Waals surface area (Å²) < 4.78 is 0. The van der Waals surface area contributed by atoms with Crippen molar-refractivity contribution in [2.24, 2.45) is 5.73 Å². The highest BCUT2D eigenvalue weighted by Gasteiger charge is 2.20. The van der Waals surface area contributed by atoms with Crippen molar-refractivity contribution in [1.29, 1.82) is 0 Å². The molecule has 132 valence electrons. The third-order valence-corrected chi connectivity index (χ3v) is 4.66. The molecule has 1 aliphatic heterocycles. The number of benzene rings is 2. The van der Waals surface area contributed by atoms with E-state index < -0.39 is 5.91 Å². The van der Waals surface area contributed by atoms with Crippen molar-refractivity contribution < 1.29 is 9.59 Å². The van der Waals surface area contributed by atoms with E-state index in [2.05, 4.69) is 20.4 Å². The summed E-state index contributed by atoms with van der Waals surface area (Å²) in [4.78, 5) is 26.6. The molecule has 0 aliphatic carbocycles. The number of fused-ring (bicyclic) bond motifs is 1. The fraction of sp³-hybridized carbons (Fsp3) is 0.211. The number of nitrogens with two attached hydrogens (primary N) is 1. The lowest BCUT2D eigenvalue weighted by atomic mass is 10.1. The number of aromatic nitrogens is 2. The van der Waals surface area contributed by atoms with Crippen LogP contribution >= 0.6 is 0 Å². The van der Waals surface area contributed by atoms with E-state index in [1.165, 1.54) is 0 Å². The summed E-state index contributed by atoms with van der Waals surface area (Å²) in [7, 11) is 0. The number of amides is 2. The van der Waals surface area contributed by atoms with Crippen molar-refractivity contribution >= 4 is 34.1 Å². The van der Waals surface area contributed by atoms with Crippen molar-refractivity contribution in [3.8, 4) is 0 Å². The second-order valence-electron chi connectivity index (χ2n) is 6.36. The first-order chi connectivity index (χ1) is 12.6. The Labute approximate surface area is 150 Å². The summed E-state index contributed by atoms with van der Waals surface area (Å²) in [5.74, 6) is -0.858. The van der Waals surface area contributed by atoms with Gasteiger partial charge in [-0.3, -0.25) is 14.7 Å². The van der Waals surface area contributed by atoms with Crippen LogP contribution < -0.4 is 16.0 Å². The highest BCUT2D eigenvalue weighted by atomic mass is 16.2. The van der Waals surface area contributed by atoms with Crippen LogP contribution in [0.15, 0.2) is 42.5 Å². The van der Waals surface area contributed by atoms with E-state index >= 15 is 0 Å². The summed E-state index contributed by atoms with van der Waals surface area (Å²) >= 11 is 0. The maximum atomic E-state index is 12.8. The van der Waals surface area contributed by atoms with Crippen LogP contribution in [-0.4, -0.2) is 35.1 Å². The first kappa shape index (κ1) is 16.1. The lowest BCUT2D eigenvalue weighted by Gasteiger charge is -2.22. The van der Waals surface area contributed by atoms with E-state index in [1.807, 2.05) is 30.3 Å². The Morgan fingerprint density at radius 2 is 1.88 bits per heavy atom. The van der Waals surface area contributed by atoms with Crippen LogP contribution in [0, 0.1) is 0 Å². The van der Waals surface area contributed by atoms with Gasteiger partial charge in [-0.05, 0) is 37.1 Å². The van der Waals surface area contributed by atoms with Gasteiger partial charge in [-0.25, -0.2) is 0 Å². The topological polar surface area (TPSA) is 104 Å². The van der Waals surface area contributed by atoms with Crippen LogP contribution in [-0.2, 0) is 0 Å². The van der Waals surface area contributed by atoms with Gasteiger partial charge in [-0.15, -0.1) is 0 Å². The van der Waals surface area contributed by atoms with Gasteiger partial charge in [0, 0.05) is 24.0 Å². The third-order valence-electron chi connectivity index (χ3n) is 4.66. The van der Waals surface area contributed by atoms with Gasteiger partial charge >= 0.3 is 0 Å². The average Bonchev–Trinajstić information content (AvgIpc) is 3.31. The molecule has 0 saturated carbocycles. The number of rotatable bonds is 4. The monoisotopic (exact) mass is 349 g/mol. The summed E-state index contributed by atoms with van der Waals surface area (Å²) in [6.07, 6.45) is 2.21. The second kappa shape index (κ2) is 6.51. The molecule has 0 unspecified atom stereocenters. The molecule has 0 spiro atoms. The SMILES string of the molecule is NC(=O)c1ccc(N2CCCC2)c(NC(=O)c2n[nH]c3ccccc23)c1. The van der Waals surface area contributed by atoms with Crippen LogP contribution in [0.25, 0.3) is 10.9 Å². The van der Waals surface area contributed by atoms with Crippen molar-refractivity contribution in [3.05, 3.63) is 53.7 Å². The lowest BCUT2D eigenvalue weighted by Crippen LogP contribution is -2.22. The highest BCUT2D eigenvalue weighted by molar-refractivity contribution is 6.12. The van der Waals surface area contributed by atoms with Crippen molar-refractivity contribution in [3.63, 3.8) is 0 Å². The number of carbonyl (C=O) groups is 2. The number of anilines is 2. The number of H-pyrrole nitrogens is 1. The molecule has 3 aromatic rings. The predicted octanol–water partition coefficient (Wildman–Crippen LogP) is 2.51. The van der Waals surface area contributed by atoms with Gasteiger partial charge in [0.05, 0.1) is 16.9 Å². The Morgan fingerprint density at radius 1 is 1.12 bits per heavy atom. The zero-order chi connectivity index (χ0) is 18.1. The highest BCUT2D eigenvalue weighted by Crippen LogP contribution is 2.30. The molecule has 26 heavy (non-hydrogen) atoms. The average molecular weight is 349 g/mol. The van der Waals surface area contributed by atoms with Gasteiger partial charge in [0.1, 0.15) is 0 Å². The number of para-hydroxylation sites is 1. The van der Waals surface area contributed by atoms with Crippen molar-refractivity contribution in [2.75, 3.05) is 23.3 Å². The molecule has 2 aromatic carbocycles. The van der Waals surface area contributed by atoms with E-state index in [0.29, 0.717) is 16.9 Å². The molecule has 1 saturated heterocycles. The standard InChI is InChI=1S/C19H19N5O2/c20-18(25)12-7-8-16(24-9-3-4-10-24)15(11-12)21-19(26)17-13-5-1-2-6-14(13)22-23-17/h1-2,5-8,11H,3-4,9-10H2,(H2,20,25)(H,21,26)(H,22,23). The predicted molar refractivity (Wildman–Crippen MR) is 100 cm³/mol. The zero-order valence-electron chi connectivity index (χ0n) is 14.2. The Kier molecular flexibility index (Phi) is 4.04. The normalized spacial score (nSPS) is 13.9. The van der Waals surface area contributed by atoms with Gasteiger partial charge in [0.25, 0.3) is 5.91 Å². The Morgan fingerprint density at radius 3 is 2.65 bits per heavy atom. The van der Waals surface area contributed by atoms with E-state index in [4.69, 9.17) is 5.73 Å². The van der Waals surface area contributed by atoms with E-state index in [1.54, 1.807) is 12.1 Å². The summed E-state index contributed by atoms with van der Waals surface area (Å²) in [6.45, 7) is 1.84. The fourth-order valence-corrected chi connectivity index (χ4v) is 3.34. The minimum Gasteiger partial charge on any atom is -0.370 e. The van der Waals surface area contributed by atoms with Crippen LogP contribution in [0.5, 0.6) is 0 Å². The van der Waals surface area contributed by atoms with Gasteiger partial charge in [0.2, 0.25) is 5.91 Å². The van der Waals surface area contributed by atoms with Crippen molar-refractivity contribution in [1.82, 2.24) is 10.2 Å². The molecule has 0 radical (unpaired) electrons. The molecule has 1 fully saturated rings. The molecule has 7 nitrogen and oxygen atoms in total. The zero-order valence-corrected chi connectivity index (χ0v) is 14.2. The molecular formula is C19H19N5O2. The molecule has 2 heterocycles. The minimum absolute atomic E-state index is 0.317. The fourth-order valence-electron chi connectivity index (χ4n) is 3.34. The van der Waals surface area contributed by atoms with Gasteiger partial charge < -0.3 is 16.0 Å². The van der Waals surface area contributed by atoms with Crippen molar-refractivity contribution in [2.45, 2.75) is 12.8 Å². The Bertz CT molecular complexity index is 989. The Hall–Kier alpha value is -3.35. The smallest absolute Gasteiger partial charge is 0.276 e. The molecule has 1 aromatic heterocycles.